The van der Waals surface area contributed by atoms with Crippen molar-refractivity contribution in [2.24, 2.45) is 0 Å². The summed E-state index contributed by atoms with van der Waals surface area (Å²) in [4.78, 5) is 25.1. The van der Waals surface area contributed by atoms with Crippen LogP contribution in [-0.2, 0) is 4.74 Å². The number of amides is 2. The summed E-state index contributed by atoms with van der Waals surface area (Å²) in [7, 11) is 0. The van der Waals surface area contributed by atoms with E-state index >= 15 is 0 Å². The van der Waals surface area contributed by atoms with Crippen LogP contribution < -0.4 is 10.6 Å². The van der Waals surface area contributed by atoms with E-state index in [0.717, 1.165) is 4.90 Å². The third-order valence-electron chi connectivity index (χ3n) is 3.21. The summed E-state index contributed by atoms with van der Waals surface area (Å²) in [5.41, 5.74) is 0.0447. The van der Waals surface area contributed by atoms with E-state index in [1.165, 1.54) is 18.2 Å². The molecular formula is C19H21FN2O3S. The first kappa shape index (κ1) is 19.8. The fraction of sp³-hybridized carbons (Fsp3) is 0.263. The summed E-state index contributed by atoms with van der Waals surface area (Å²) in [5, 5.41) is 5.03. The number of carbonyl (C=O) groups is 2. The first-order valence-electron chi connectivity index (χ1n) is 7.93. The van der Waals surface area contributed by atoms with Gasteiger partial charge in [0, 0.05) is 16.1 Å². The second-order valence-corrected chi connectivity index (χ2v) is 7.38. The number of ether oxygens (including phenoxy) is 1. The van der Waals surface area contributed by atoms with Gasteiger partial charge in [-0.3, -0.25) is 10.1 Å². The zero-order chi connectivity index (χ0) is 19.3. The van der Waals surface area contributed by atoms with Gasteiger partial charge in [-0.25, -0.2) is 9.18 Å². The van der Waals surface area contributed by atoms with Crippen molar-refractivity contribution < 1.29 is 18.7 Å². The van der Waals surface area contributed by atoms with Gasteiger partial charge in [-0.1, -0.05) is 0 Å². The summed E-state index contributed by atoms with van der Waals surface area (Å²) < 4.78 is 19.2. The minimum absolute atomic E-state index is 0.0301. The number of hydrogen-bond donors (Lipinski definition) is 2. The highest BCUT2D eigenvalue weighted by atomic mass is 32.2. The van der Waals surface area contributed by atoms with Crippen LogP contribution in [0, 0.1) is 5.82 Å². The third kappa shape index (κ3) is 5.77. The second-order valence-electron chi connectivity index (χ2n) is 6.50. The molecule has 0 fully saturated rings. The molecule has 0 spiro atoms. The maximum absolute atomic E-state index is 14.0. The van der Waals surface area contributed by atoms with Gasteiger partial charge in [0.25, 0.3) is 5.91 Å². The van der Waals surface area contributed by atoms with Gasteiger partial charge in [0.2, 0.25) is 0 Å². The van der Waals surface area contributed by atoms with Gasteiger partial charge in [0.1, 0.15) is 11.4 Å². The number of rotatable bonds is 4. The van der Waals surface area contributed by atoms with Gasteiger partial charge in [-0.2, -0.15) is 0 Å². The Balaban J connectivity index is 2.11. The van der Waals surface area contributed by atoms with E-state index in [0.29, 0.717) is 11.3 Å². The van der Waals surface area contributed by atoms with E-state index < -0.39 is 23.4 Å². The van der Waals surface area contributed by atoms with Crippen molar-refractivity contribution in [1.82, 2.24) is 0 Å². The normalized spacial score (nSPS) is 11.0. The van der Waals surface area contributed by atoms with Crippen molar-refractivity contribution in [3.63, 3.8) is 0 Å². The quantitative estimate of drug-likeness (QED) is 0.725. The minimum Gasteiger partial charge on any atom is -0.444 e. The SMILES string of the molecule is CSc1ccc(C(=O)Nc2cc(NC(=O)OC(C)(C)C)ccc2F)cc1. The van der Waals surface area contributed by atoms with Crippen LogP contribution in [0.25, 0.3) is 0 Å². The van der Waals surface area contributed by atoms with Crippen LogP contribution in [0.3, 0.4) is 0 Å². The fourth-order valence-corrected chi connectivity index (χ4v) is 2.47. The van der Waals surface area contributed by atoms with Crippen LogP contribution in [0.15, 0.2) is 47.4 Å². The molecule has 0 atom stereocenters. The lowest BCUT2D eigenvalue weighted by molar-refractivity contribution is 0.0636. The molecule has 0 aromatic heterocycles. The molecule has 2 amide bonds. The largest absolute Gasteiger partial charge is 0.444 e. The van der Waals surface area contributed by atoms with Crippen molar-refractivity contribution in [3.05, 3.63) is 53.8 Å². The zero-order valence-electron chi connectivity index (χ0n) is 15.1. The molecule has 138 valence electrons. The third-order valence-corrected chi connectivity index (χ3v) is 3.96. The smallest absolute Gasteiger partial charge is 0.412 e. The Bertz CT molecular complexity index is 801. The summed E-state index contributed by atoms with van der Waals surface area (Å²) in [5.74, 6) is -1.04. The Morgan fingerprint density at radius 3 is 2.27 bits per heavy atom. The van der Waals surface area contributed by atoms with Crippen LogP contribution >= 0.6 is 11.8 Å². The van der Waals surface area contributed by atoms with Crippen LogP contribution in [0.1, 0.15) is 31.1 Å². The molecule has 7 heteroatoms. The van der Waals surface area contributed by atoms with Gasteiger partial charge < -0.3 is 10.1 Å². The average molecular weight is 376 g/mol. The molecular weight excluding hydrogens is 355 g/mol. The Kier molecular flexibility index (Phi) is 6.26. The molecule has 2 rings (SSSR count). The average Bonchev–Trinajstić information content (AvgIpc) is 2.56. The van der Waals surface area contributed by atoms with Crippen LogP contribution in [0.2, 0.25) is 0 Å². The Labute approximate surface area is 156 Å². The first-order chi connectivity index (χ1) is 12.2. The molecule has 0 aliphatic rings. The zero-order valence-corrected chi connectivity index (χ0v) is 15.9. The molecule has 5 nitrogen and oxygen atoms in total. The number of benzene rings is 2. The van der Waals surface area contributed by atoms with Crippen LogP contribution in [0.4, 0.5) is 20.6 Å². The lowest BCUT2D eigenvalue weighted by Gasteiger charge is -2.19. The van der Waals surface area contributed by atoms with E-state index in [-0.39, 0.29) is 5.69 Å². The monoisotopic (exact) mass is 376 g/mol. The van der Waals surface area contributed by atoms with Crippen molar-refractivity contribution in [3.8, 4) is 0 Å². The van der Waals surface area contributed by atoms with E-state index in [4.69, 9.17) is 4.74 Å². The fourth-order valence-electron chi connectivity index (χ4n) is 2.06. The molecule has 2 N–H and O–H groups in total. The number of anilines is 2. The van der Waals surface area contributed by atoms with E-state index in [9.17, 15) is 14.0 Å². The topological polar surface area (TPSA) is 67.4 Å². The lowest BCUT2D eigenvalue weighted by Crippen LogP contribution is -2.27. The molecule has 2 aromatic rings. The predicted molar refractivity (Wildman–Crippen MR) is 102 cm³/mol. The number of nitrogens with one attached hydrogen (secondary N) is 2. The highest BCUT2D eigenvalue weighted by molar-refractivity contribution is 7.98. The highest BCUT2D eigenvalue weighted by Crippen LogP contribution is 2.22. The number of thioether (sulfide) groups is 1. The van der Waals surface area contributed by atoms with Crippen molar-refractivity contribution in [2.75, 3.05) is 16.9 Å². The maximum Gasteiger partial charge on any atom is 0.412 e. The molecule has 0 saturated heterocycles. The summed E-state index contributed by atoms with van der Waals surface area (Å²) in [6.07, 6.45) is 1.28. The predicted octanol–water partition coefficient (Wildman–Crippen LogP) is 5.15. The minimum atomic E-state index is -0.658. The molecule has 26 heavy (non-hydrogen) atoms. The molecule has 0 aliphatic heterocycles. The van der Waals surface area contributed by atoms with Gasteiger partial charge in [-0.05, 0) is 69.5 Å². The molecule has 0 heterocycles. The molecule has 0 aliphatic carbocycles. The van der Waals surface area contributed by atoms with E-state index in [1.807, 2.05) is 18.4 Å². The van der Waals surface area contributed by atoms with Crippen LogP contribution in [0.5, 0.6) is 0 Å². The molecule has 0 radical (unpaired) electrons. The lowest BCUT2D eigenvalue weighted by atomic mass is 10.2. The standard InChI is InChI=1S/C19H21FN2O3S/c1-19(2,3)25-18(24)21-13-7-10-15(20)16(11-13)22-17(23)12-5-8-14(26-4)9-6-12/h5-11H,1-4H3,(H,21,24)(H,22,23). The van der Waals surface area contributed by atoms with Crippen molar-refractivity contribution in [1.29, 1.82) is 0 Å². The summed E-state index contributed by atoms with van der Waals surface area (Å²) in [6, 6.07) is 10.9. The van der Waals surface area contributed by atoms with Gasteiger partial charge in [0.15, 0.2) is 0 Å². The highest BCUT2D eigenvalue weighted by Gasteiger charge is 2.17. The van der Waals surface area contributed by atoms with Gasteiger partial charge >= 0.3 is 6.09 Å². The Morgan fingerprint density at radius 1 is 1.04 bits per heavy atom. The second kappa shape index (κ2) is 8.23. The molecule has 0 bridgehead atoms. The van der Waals surface area contributed by atoms with Gasteiger partial charge in [0.05, 0.1) is 5.69 Å². The van der Waals surface area contributed by atoms with E-state index in [1.54, 1.807) is 44.7 Å². The van der Waals surface area contributed by atoms with Crippen LogP contribution in [-0.4, -0.2) is 23.9 Å². The Hall–Kier alpha value is -2.54. The first-order valence-corrected chi connectivity index (χ1v) is 9.15. The number of carbonyl (C=O) groups excluding carboxylic acids is 2. The summed E-state index contributed by atoms with van der Waals surface area (Å²) in [6.45, 7) is 5.22. The van der Waals surface area contributed by atoms with Gasteiger partial charge in [-0.15, -0.1) is 11.8 Å². The molecule has 0 unspecified atom stereocenters. The van der Waals surface area contributed by atoms with Crippen molar-refractivity contribution in [2.45, 2.75) is 31.3 Å². The van der Waals surface area contributed by atoms with E-state index in [2.05, 4.69) is 10.6 Å². The number of hydrogen-bond acceptors (Lipinski definition) is 4. The maximum atomic E-state index is 14.0. The Morgan fingerprint density at radius 2 is 1.69 bits per heavy atom. The van der Waals surface area contributed by atoms with Crippen molar-refractivity contribution >= 4 is 35.1 Å². The number of halogens is 1. The summed E-state index contributed by atoms with van der Waals surface area (Å²) >= 11 is 1.56. The molecule has 2 aromatic carbocycles. The molecule has 0 saturated carbocycles.